The third-order valence-electron chi connectivity index (χ3n) is 3.88. The normalized spacial score (nSPS) is 11.1. The fourth-order valence-electron chi connectivity index (χ4n) is 2.53. The highest BCUT2D eigenvalue weighted by atomic mass is 35.5. The van der Waals surface area contributed by atoms with Crippen LogP contribution in [0.4, 0.5) is 11.4 Å². The van der Waals surface area contributed by atoms with Crippen molar-refractivity contribution >= 4 is 50.5 Å². The molecule has 3 aromatic carbocycles. The van der Waals surface area contributed by atoms with Gasteiger partial charge < -0.3 is 5.32 Å². The van der Waals surface area contributed by atoms with Crippen LogP contribution in [0.5, 0.6) is 0 Å². The van der Waals surface area contributed by atoms with Crippen molar-refractivity contribution in [2.24, 2.45) is 0 Å². The van der Waals surface area contributed by atoms with E-state index in [0.717, 1.165) is 5.56 Å². The van der Waals surface area contributed by atoms with Gasteiger partial charge in [-0.3, -0.25) is 9.52 Å². The predicted octanol–water partition coefficient (Wildman–Crippen LogP) is 5.35. The van der Waals surface area contributed by atoms with E-state index in [9.17, 15) is 13.2 Å². The predicted molar refractivity (Wildman–Crippen MR) is 113 cm³/mol. The van der Waals surface area contributed by atoms with Crippen LogP contribution in [-0.4, -0.2) is 14.3 Å². The van der Waals surface area contributed by atoms with Gasteiger partial charge in [0.1, 0.15) is 4.90 Å². The number of benzene rings is 3. The Kier molecular flexibility index (Phi) is 5.93. The average Bonchev–Trinajstić information content (AvgIpc) is 2.63. The minimum absolute atomic E-state index is 0.00875. The molecule has 0 saturated heterocycles. The second-order valence-electron chi connectivity index (χ2n) is 6.05. The molecule has 1 amide bonds. The molecule has 0 aliphatic heterocycles. The molecule has 0 atom stereocenters. The minimum Gasteiger partial charge on any atom is -0.321 e. The Hall–Kier alpha value is -2.54. The van der Waals surface area contributed by atoms with Crippen molar-refractivity contribution in [2.75, 3.05) is 10.0 Å². The zero-order chi connectivity index (χ0) is 20.3. The second-order valence-corrected chi connectivity index (χ2v) is 8.52. The fraction of sp³-hybridized carbons (Fsp3) is 0.0500. The monoisotopic (exact) mass is 434 g/mol. The number of halogens is 2. The number of carbonyl (C=O) groups excluding carboxylic acids is 1. The SMILES string of the molecule is Cc1cccc(NS(=O)(=O)c2cc(C(=O)Nc3ccccc3Cl)ccc2Cl)c1. The lowest BCUT2D eigenvalue weighted by Crippen LogP contribution is -2.16. The van der Waals surface area contributed by atoms with Crippen LogP contribution in [-0.2, 0) is 10.0 Å². The summed E-state index contributed by atoms with van der Waals surface area (Å²) in [5, 5.41) is 3.04. The van der Waals surface area contributed by atoms with Gasteiger partial charge in [0.05, 0.1) is 15.7 Å². The highest BCUT2D eigenvalue weighted by molar-refractivity contribution is 7.92. The number of carbonyl (C=O) groups is 1. The maximum atomic E-state index is 12.8. The van der Waals surface area contributed by atoms with Gasteiger partial charge in [-0.15, -0.1) is 0 Å². The van der Waals surface area contributed by atoms with Crippen molar-refractivity contribution in [3.05, 3.63) is 87.9 Å². The molecule has 0 aliphatic rings. The number of para-hydroxylation sites is 1. The molecule has 8 heteroatoms. The third kappa shape index (κ3) is 4.65. The summed E-state index contributed by atoms with van der Waals surface area (Å²) in [4.78, 5) is 12.3. The minimum atomic E-state index is -3.99. The molecule has 3 aromatic rings. The lowest BCUT2D eigenvalue weighted by Gasteiger charge is -2.12. The number of sulfonamides is 1. The summed E-state index contributed by atoms with van der Waals surface area (Å²) in [6.07, 6.45) is 0. The zero-order valence-corrected chi connectivity index (χ0v) is 17.1. The van der Waals surface area contributed by atoms with E-state index in [1.165, 1.54) is 18.2 Å². The van der Waals surface area contributed by atoms with E-state index in [1.54, 1.807) is 42.5 Å². The van der Waals surface area contributed by atoms with Gasteiger partial charge in [-0.05, 0) is 55.0 Å². The van der Waals surface area contributed by atoms with Crippen molar-refractivity contribution < 1.29 is 13.2 Å². The van der Waals surface area contributed by atoms with E-state index in [-0.39, 0.29) is 15.5 Å². The van der Waals surface area contributed by atoms with E-state index in [0.29, 0.717) is 16.4 Å². The number of anilines is 2. The molecule has 0 aliphatic carbocycles. The van der Waals surface area contributed by atoms with Gasteiger partial charge in [-0.25, -0.2) is 8.42 Å². The Labute approximate surface area is 173 Å². The van der Waals surface area contributed by atoms with Crippen molar-refractivity contribution in [1.82, 2.24) is 0 Å². The summed E-state index contributed by atoms with van der Waals surface area (Å²) in [6, 6.07) is 17.7. The Morgan fingerprint density at radius 2 is 1.64 bits per heavy atom. The number of nitrogens with one attached hydrogen (secondary N) is 2. The Balaban J connectivity index is 1.90. The molecule has 0 heterocycles. The highest BCUT2D eigenvalue weighted by Crippen LogP contribution is 2.27. The lowest BCUT2D eigenvalue weighted by atomic mass is 10.2. The van der Waals surface area contributed by atoms with E-state index in [2.05, 4.69) is 10.0 Å². The molecule has 144 valence electrons. The standard InChI is InChI=1S/C20H16Cl2N2O3S/c1-13-5-4-6-15(11-13)24-28(26,27)19-12-14(9-10-17(19)22)20(25)23-18-8-3-2-7-16(18)21/h2-12,24H,1H3,(H,23,25). The van der Waals surface area contributed by atoms with Crippen molar-refractivity contribution in [1.29, 1.82) is 0 Å². The molecular formula is C20H16Cl2N2O3S. The number of rotatable bonds is 5. The van der Waals surface area contributed by atoms with Crippen molar-refractivity contribution in [3.63, 3.8) is 0 Å². The first-order valence-corrected chi connectivity index (χ1v) is 10.4. The molecule has 0 fully saturated rings. The molecule has 0 radical (unpaired) electrons. The number of amides is 1. The summed E-state index contributed by atoms with van der Waals surface area (Å²) >= 11 is 12.1. The molecular weight excluding hydrogens is 419 g/mol. The van der Waals surface area contributed by atoms with Gasteiger partial charge in [-0.1, -0.05) is 47.5 Å². The maximum Gasteiger partial charge on any atom is 0.263 e. The van der Waals surface area contributed by atoms with Gasteiger partial charge >= 0.3 is 0 Å². The number of hydrogen-bond acceptors (Lipinski definition) is 3. The largest absolute Gasteiger partial charge is 0.321 e. The first kappa shape index (κ1) is 20.2. The van der Waals surface area contributed by atoms with Crippen LogP contribution in [0, 0.1) is 6.92 Å². The topological polar surface area (TPSA) is 75.3 Å². The molecule has 0 unspecified atom stereocenters. The van der Waals surface area contributed by atoms with Gasteiger partial charge in [0, 0.05) is 11.3 Å². The molecule has 0 spiro atoms. The van der Waals surface area contributed by atoms with Crippen LogP contribution in [0.25, 0.3) is 0 Å². The average molecular weight is 435 g/mol. The lowest BCUT2D eigenvalue weighted by molar-refractivity contribution is 0.102. The van der Waals surface area contributed by atoms with Crippen molar-refractivity contribution in [3.8, 4) is 0 Å². The highest BCUT2D eigenvalue weighted by Gasteiger charge is 2.21. The first-order valence-electron chi connectivity index (χ1n) is 8.21. The van der Waals surface area contributed by atoms with Crippen LogP contribution in [0.15, 0.2) is 71.6 Å². The van der Waals surface area contributed by atoms with Crippen LogP contribution < -0.4 is 10.0 Å². The molecule has 0 bridgehead atoms. The van der Waals surface area contributed by atoms with Crippen LogP contribution in [0.2, 0.25) is 10.0 Å². The van der Waals surface area contributed by atoms with Gasteiger partial charge in [0.2, 0.25) is 0 Å². The molecule has 0 aromatic heterocycles. The molecule has 5 nitrogen and oxygen atoms in total. The van der Waals surface area contributed by atoms with E-state index >= 15 is 0 Å². The molecule has 28 heavy (non-hydrogen) atoms. The Morgan fingerprint density at radius 1 is 0.893 bits per heavy atom. The summed E-state index contributed by atoms with van der Waals surface area (Å²) in [7, 11) is -3.99. The Bertz CT molecular complexity index is 1150. The van der Waals surface area contributed by atoms with Crippen LogP contribution in [0.3, 0.4) is 0 Å². The third-order valence-corrected chi connectivity index (χ3v) is 6.07. The van der Waals surface area contributed by atoms with E-state index in [4.69, 9.17) is 23.2 Å². The molecule has 3 rings (SSSR count). The number of hydrogen-bond donors (Lipinski definition) is 2. The summed E-state index contributed by atoms with van der Waals surface area (Å²) in [5.41, 5.74) is 1.86. The van der Waals surface area contributed by atoms with Gasteiger partial charge in [0.15, 0.2) is 0 Å². The van der Waals surface area contributed by atoms with Gasteiger partial charge in [0.25, 0.3) is 15.9 Å². The molecule has 2 N–H and O–H groups in total. The smallest absolute Gasteiger partial charge is 0.263 e. The quantitative estimate of drug-likeness (QED) is 0.567. The summed E-state index contributed by atoms with van der Waals surface area (Å²) in [6.45, 7) is 1.85. The zero-order valence-electron chi connectivity index (χ0n) is 14.7. The van der Waals surface area contributed by atoms with E-state index < -0.39 is 15.9 Å². The fourth-order valence-corrected chi connectivity index (χ4v) is 4.29. The van der Waals surface area contributed by atoms with Crippen LogP contribution in [0.1, 0.15) is 15.9 Å². The first-order chi connectivity index (χ1) is 13.3. The van der Waals surface area contributed by atoms with Crippen molar-refractivity contribution in [2.45, 2.75) is 11.8 Å². The second kappa shape index (κ2) is 8.22. The van der Waals surface area contributed by atoms with E-state index in [1.807, 2.05) is 13.0 Å². The number of aryl methyl sites for hydroxylation is 1. The summed E-state index contributed by atoms with van der Waals surface area (Å²) in [5.74, 6) is -0.503. The maximum absolute atomic E-state index is 12.8. The summed E-state index contributed by atoms with van der Waals surface area (Å²) < 4.78 is 28.0. The van der Waals surface area contributed by atoms with Gasteiger partial charge in [-0.2, -0.15) is 0 Å². The van der Waals surface area contributed by atoms with Crippen LogP contribution >= 0.6 is 23.2 Å². The Morgan fingerprint density at radius 3 is 2.36 bits per heavy atom. The molecule has 0 saturated carbocycles.